The molecule has 33 heavy (non-hydrogen) atoms. The number of amides is 2. The van der Waals surface area contributed by atoms with Gasteiger partial charge in [0, 0.05) is 23.2 Å². The molecule has 0 bridgehead atoms. The average Bonchev–Trinajstić information content (AvgIpc) is 2.83. The van der Waals surface area contributed by atoms with Crippen LogP contribution >= 0.6 is 11.6 Å². The number of ether oxygens (including phenoxy) is 1. The smallest absolute Gasteiger partial charge is 0.289 e. The van der Waals surface area contributed by atoms with E-state index in [1.165, 1.54) is 0 Å². The molecular weight excluding hydrogens is 436 g/mol. The first-order chi connectivity index (χ1) is 15.9. The van der Waals surface area contributed by atoms with E-state index in [1.54, 1.807) is 18.2 Å². The summed E-state index contributed by atoms with van der Waals surface area (Å²) >= 11 is 6.04. The highest BCUT2D eigenvalue weighted by Crippen LogP contribution is 2.34. The SMILES string of the molecule is CCC(C)NC(=O)c1ccc(/C=C2\OC3CCCCC3N(Cc3ccc(Cl)cc3)C2=O)cc1. The highest BCUT2D eigenvalue weighted by Gasteiger charge is 2.41. The molecular formula is C27H31ClN2O3. The van der Waals surface area contributed by atoms with Crippen LogP contribution in [0.2, 0.25) is 5.02 Å². The van der Waals surface area contributed by atoms with Crippen LogP contribution in [0.1, 0.15) is 67.4 Å². The Bertz CT molecular complexity index is 1020. The molecule has 2 fully saturated rings. The van der Waals surface area contributed by atoms with E-state index in [9.17, 15) is 9.59 Å². The lowest BCUT2D eigenvalue weighted by Crippen LogP contribution is -2.54. The van der Waals surface area contributed by atoms with Crippen LogP contribution < -0.4 is 5.32 Å². The maximum absolute atomic E-state index is 13.4. The highest BCUT2D eigenvalue weighted by atomic mass is 35.5. The second-order valence-electron chi connectivity index (χ2n) is 8.98. The number of fused-ring (bicyclic) bond motifs is 1. The van der Waals surface area contributed by atoms with Gasteiger partial charge in [-0.3, -0.25) is 9.59 Å². The van der Waals surface area contributed by atoms with Gasteiger partial charge < -0.3 is 15.0 Å². The molecule has 1 N–H and O–H groups in total. The van der Waals surface area contributed by atoms with E-state index in [0.29, 0.717) is 22.9 Å². The van der Waals surface area contributed by atoms with Gasteiger partial charge in [-0.2, -0.15) is 0 Å². The quantitative estimate of drug-likeness (QED) is 0.565. The molecule has 3 atom stereocenters. The molecule has 2 aromatic carbocycles. The predicted octanol–water partition coefficient (Wildman–Crippen LogP) is 5.58. The second kappa shape index (κ2) is 10.4. The summed E-state index contributed by atoms with van der Waals surface area (Å²) in [5.41, 5.74) is 2.49. The lowest BCUT2D eigenvalue weighted by atomic mass is 9.89. The van der Waals surface area contributed by atoms with Gasteiger partial charge in [0.2, 0.25) is 0 Å². The summed E-state index contributed by atoms with van der Waals surface area (Å²) in [6.07, 6.45) is 6.79. The molecule has 5 nitrogen and oxygen atoms in total. The first-order valence-electron chi connectivity index (χ1n) is 11.8. The topological polar surface area (TPSA) is 58.6 Å². The molecule has 2 aliphatic rings. The largest absolute Gasteiger partial charge is 0.482 e. The number of halogens is 1. The van der Waals surface area contributed by atoms with E-state index in [1.807, 2.05) is 55.1 Å². The maximum atomic E-state index is 13.4. The van der Waals surface area contributed by atoms with Crippen LogP contribution in [0.3, 0.4) is 0 Å². The van der Waals surface area contributed by atoms with Gasteiger partial charge in [-0.25, -0.2) is 0 Å². The fraction of sp³-hybridized carbons (Fsp3) is 0.407. The molecule has 0 aromatic heterocycles. The monoisotopic (exact) mass is 466 g/mol. The third-order valence-electron chi connectivity index (χ3n) is 6.54. The number of benzene rings is 2. The molecule has 174 valence electrons. The minimum Gasteiger partial charge on any atom is -0.482 e. The van der Waals surface area contributed by atoms with Crippen molar-refractivity contribution in [3.05, 3.63) is 76.0 Å². The van der Waals surface area contributed by atoms with E-state index in [0.717, 1.165) is 43.2 Å². The minimum absolute atomic E-state index is 0.00980. The average molecular weight is 467 g/mol. The third kappa shape index (κ3) is 5.59. The minimum atomic E-state index is -0.0910. The number of hydrogen-bond donors (Lipinski definition) is 1. The van der Waals surface area contributed by atoms with E-state index in [4.69, 9.17) is 16.3 Å². The van der Waals surface area contributed by atoms with E-state index >= 15 is 0 Å². The summed E-state index contributed by atoms with van der Waals surface area (Å²) in [6, 6.07) is 15.1. The number of morpholine rings is 1. The van der Waals surface area contributed by atoms with Crippen LogP contribution in [0.15, 0.2) is 54.3 Å². The Morgan fingerprint density at radius 3 is 2.55 bits per heavy atom. The Morgan fingerprint density at radius 1 is 1.15 bits per heavy atom. The molecule has 3 unspecified atom stereocenters. The van der Waals surface area contributed by atoms with Crippen molar-refractivity contribution in [3.63, 3.8) is 0 Å². The molecule has 2 aromatic rings. The van der Waals surface area contributed by atoms with Crippen molar-refractivity contribution in [2.75, 3.05) is 0 Å². The Kier molecular flexibility index (Phi) is 7.39. The first-order valence-corrected chi connectivity index (χ1v) is 12.2. The van der Waals surface area contributed by atoms with Crippen molar-refractivity contribution >= 4 is 29.5 Å². The van der Waals surface area contributed by atoms with Gasteiger partial charge >= 0.3 is 0 Å². The molecule has 6 heteroatoms. The van der Waals surface area contributed by atoms with E-state index in [2.05, 4.69) is 5.32 Å². The van der Waals surface area contributed by atoms with Gasteiger partial charge in [-0.15, -0.1) is 0 Å². The molecule has 4 rings (SSSR count). The van der Waals surface area contributed by atoms with Crippen LogP contribution in [0.4, 0.5) is 0 Å². The fourth-order valence-corrected chi connectivity index (χ4v) is 4.57. The number of nitrogens with zero attached hydrogens (tertiary/aromatic N) is 1. The molecule has 1 aliphatic heterocycles. The summed E-state index contributed by atoms with van der Waals surface area (Å²) in [4.78, 5) is 27.7. The third-order valence-corrected chi connectivity index (χ3v) is 6.80. The molecule has 0 radical (unpaired) electrons. The standard InChI is InChI=1S/C27H31ClN2O3/c1-3-18(2)29-26(31)21-12-8-19(9-13-21)16-25-27(32)30(17-20-10-14-22(28)15-11-20)23-6-4-5-7-24(23)33-25/h8-16,18,23-24H,3-7,17H2,1-2H3,(H,29,31)/b25-16-. The summed E-state index contributed by atoms with van der Waals surface area (Å²) in [7, 11) is 0. The number of nitrogens with one attached hydrogen (secondary N) is 1. The van der Waals surface area contributed by atoms with Gasteiger partial charge in [0.05, 0.1) is 6.04 Å². The fourth-order valence-electron chi connectivity index (χ4n) is 4.44. The Morgan fingerprint density at radius 2 is 1.85 bits per heavy atom. The summed E-state index contributed by atoms with van der Waals surface area (Å²) < 4.78 is 6.21. The molecule has 2 amide bonds. The lowest BCUT2D eigenvalue weighted by Gasteiger charge is -2.44. The maximum Gasteiger partial charge on any atom is 0.289 e. The van der Waals surface area contributed by atoms with Gasteiger partial charge in [-0.05, 0) is 74.1 Å². The van der Waals surface area contributed by atoms with Crippen LogP contribution in [0.25, 0.3) is 6.08 Å². The Labute approximate surface area is 200 Å². The second-order valence-corrected chi connectivity index (χ2v) is 9.42. The van der Waals surface area contributed by atoms with Crippen molar-refractivity contribution in [2.24, 2.45) is 0 Å². The predicted molar refractivity (Wildman–Crippen MR) is 131 cm³/mol. The van der Waals surface area contributed by atoms with Gasteiger partial charge in [-0.1, -0.05) is 49.2 Å². The summed E-state index contributed by atoms with van der Waals surface area (Å²) in [5, 5.41) is 3.65. The highest BCUT2D eigenvalue weighted by molar-refractivity contribution is 6.30. The summed E-state index contributed by atoms with van der Waals surface area (Å²) in [5.74, 6) is 0.184. The van der Waals surface area contributed by atoms with Crippen LogP contribution in [0.5, 0.6) is 0 Å². The number of carbonyl (C=O) groups excluding carboxylic acids is 2. The van der Waals surface area contributed by atoms with Crippen molar-refractivity contribution in [1.82, 2.24) is 10.2 Å². The molecule has 1 saturated carbocycles. The zero-order valence-electron chi connectivity index (χ0n) is 19.2. The zero-order valence-corrected chi connectivity index (χ0v) is 20.0. The molecule has 1 saturated heterocycles. The van der Waals surface area contributed by atoms with E-state index < -0.39 is 0 Å². The Hall–Kier alpha value is -2.79. The van der Waals surface area contributed by atoms with Gasteiger partial charge in [0.15, 0.2) is 5.76 Å². The molecule has 1 aliphatic carbocycles. The summed E-state index contributed by atoms with van der Waals surface area (Å²) in [6.45, 7) is 4.55. The van der Waals surface area contributed by atoms with Crippen LogP contribution in [-0.4, -0.2) is 34.9 Å². The van der Waals surface area contributed by atoms with Crippen LogP contribution in [0, 0.1) is 0 Å². The van der Waals surface area contributed by atoms with Gasteiger partial charge in [0.1, 0.15) is 6.10 Å². The number of hydrogen-bond acceptors (Lipinski definition) is 3. The lowest BCUT2D eigenvalue weighted by molar-refractivity contribution is -0.149. The first kappa shape index (κ1) is 23.4. The molecule has 1 heterocycles. The van der Waals surface area contributed by atoms with Crippen molar-refractivity contribution < 1.29 is 14.3 Å². The Balaban J connectivity index is 1.54. The van der Waals surface area contributed by atoms with Crippen LogP contribution in [-0.2, 0) is 16.1 Å². The van der Waals surface area contributed by atoms with Crippen molar-refractivity contribution in [3.8, 4) is 0 Å². The zero-order chi connectivity index (χ0) is 23.4. The number of rotatable bonds is 6. The van der Waals surface area contributed by atoms with Gasteiger partial charge in [0.25, 0.3) is 11.8 Å². The van der Waals surface area contributed by atoms with E-state index in [-0.39, 0.29) is 30.0 Å². The molecule has 0 spiro atoms. The van der Waals surface area contributed by atoms with Crippen molar-refractivity contribution in [1.29, 1.82) is 0 Å². The normalized spacial score (nSPS) is 22.5. The number of carbonyl (C=O) groups is 2. The van der Waals surface area contributed by atoms with Crippen molar-refractivity contribution in [2.45, 2.75) is 70.7 Å².